The number of aryl methyl sites for hydroxylation is 2. The van der Waals surface area contributed by atoms with Gasteiger partial charge in [-0.3, -0.25) is 15.1 Å². The molecule has 1 aromatic heterocycles. The van der Waals surface area contributed by atoms with Crippen LogP contribution in [0.25, 0.3) is 0 Å². The van der Waals surface area contributed by atoms with E-state index in [4.69, 9.17) is 0 Å². The topological polar surface area (TPSA) is 97.4 Å². The SMILES string of the molecule is Cc1nn(C)c(NCC2=NCc3ccccc3N2)c1[N+](=O)[O-]. The van der Waals surface area contributed by atoms with Gasteiger partial charge in [0.1, 0.15) is 11.5 Å². The Balaban J connectivity index is 1.75. The van der Waals surface area contributed by atoms with Gasteiger partial charge >= 0.3 is 5.69 Å². The molecule has 0 aliphatic carbocycles. The second-order valence-corrected chi connectivity index (χ2v) is 5.06. The number of benzene rings is 1. The first-order chi connectivity index (χ1) is 10.6. The van der Waals surface area contributed by atoms with Crippen molar-refractivity contribution in [2.24, 2.45) is 12.0 Å². The fourth-order valence-corrected chi connectivity index (χ4v) is 2.49. The van der Waals surface area contributed by atoms with Gasteiger partial charge in [0.2, 0.25) is 5.82 Å². The van der Waals surface area contributed by atoms with Crippen LogP contribution in [0.2, 0.25) is 0 Å². The lowest BCUT2D eigenvalue weighted by Gasteiger charge is -2.18. The number of rotatable bonds is 4. The molecule has 0 bridgehead atoms. The van der Waals surface area contributed by atoms with Crippen LogP contribution in [-0.2, 0) is 13.6 Å². The van der Waals surface area contributed by atoms with Crippen molar-refractivity contribution >= 4 is 23.0 Å². The van der Waals surface area contributed by atoms with Crippen LogP contribution in [0.3, 0.4) is 0 Å². The summed E-state index contributed by atoms with van der Waals surface area (Å²) in [4.78, 5) is 15.2. The highest BCUT2D eigenvalue weighted by Gasteiger charge is 2.24. The van der Waals surface area contributed by atoms with Crippen molar-refractivity contribution in [2.45, 2.75) is 13.5 Å². The number of hydrogen-bond acceptors (Lipinski definition) is 6. The smallest absolute Gasteiger partial charge is 0.333 e. The highest BCUT2D eigenvalue weighted by atomic mass is 16.6. The second kappa shape index (κ2) is 5.47. The summed E-state index contributed by atoms with van der Waals surface area (Å²) in [7, 11) is 1.67. The molecule has 1 aliphatic heterocycles. The second-order valence-electron chi connectivity index (χ2n) is 5.06. The number of nitrogens with zero attached hydrogens (tertiary/aromatic N) is 4. The van der Waals surface area contributed by atoms with Crippen LogP contribution >= 0.6 is 0 Å². The average molecular weight is 300 g/mol. The van der Waals surface area contributed by atoms with Crippen molar-refractivity contribution in [1.29, 1.82) is 0 Å². The normalized spacial score (nSPS) is 13.1. The molecule has 0 amide bonds. The van der Waals surface area contributed by atoms with E-state index in [1.165, 1.54) is 4.68 Å². The minimum Gasteiger partial charge on any atom is -0.357 e. The van der Waals surface area contributed by atoms with E-state index < -0.39 is 4.92 Å². The van der Waals surface area contributed by atoms with Gasteiger partial charge in [-0.25, -0.2) is 4.68 Å². The van der Waals surface area contributed by atoms with E-state index in [0.717, 1.165) is 17.1 Å². The van der Waals surface area contributed by atoms with E-state index in [1.807, 2.05) is 24.3 Å². The third-order valence-electron chi connectivity index (χ3n) is 3.53. The van der Waals surface area contributed by atoms with Gasteiger partial charge in [0.05, 0.1) is 18.0 Å². The first kappa shape index (κ1) is 14.1. The molecule has 0 fully saturated rings. The van der Waals surface area contributed by atoms with Crippen LogP contribution < -0.4 is 10.6 Å². The van der Waals surface area contributed by atoms with Gasteiger partial charge < -0.3 is 10.6 Å². The Kier molecular flexibility index (Phi) is 3.50. The molecule has 0 saturated carbocycles. The number of para-hydroxylation sites is 1. The fraction of sp³-hybridized carbons (Fsp3) is 0.286. The summed E-state index contributed by atoms with van der Waals surface area (Å²) in [5, 5.41) is 21.5. The predicted octanol–water partition coefficient (Wildman–Crippen LogP) is 2.07. The van der Waals surface area contributed by atoms with Gasteiger partial charge in [-0.05, 0) is 18.6 Å². The lowest BCUT2D eigenvalue weighted by Crippen LogP contribution is -2.26. The number of aromatic nitrogens is 2. The average Bonchev–Trinajstić information content (AvgIpc) is 2.78. The van der Waals surface area contributed by atoms with Crippen LogP contribution in [0, 0.1) is 17.0 Å². The Bertz CT molecular complexity index is 765. The summed E-state index contributed by atoms with van der Waals surface area (Å²) >= 11 is 0. The van der Waals surface area contributed by atoms with Crippen LogP contribution in [-0.4, -0.2) is 27.1 Å². The molecular formula is C14H16N6O2. The molecule has 2 aromatic rings. The summed E-state index contributed by atoms with van der Waals surface area (Å²) in [5.74, 6) is 1.12. The van der Waals surface area contributed by atoms with Gasteiger partial charge in [-0.1, -0.05) is 18.2 Å². The number of anilines is 2. The zero-order chi connectivity index (χ0) is 15.7. The molecule has 0 saturated heterocycles. The molecule has 22 heavy (non-hydrogen) atoms. The maximum Gasteiger partial charge on any atom is 0.333 e. The van der Waals surface area contributed by atoms with E-state index in [2.05, 4.69) is 20.7 Å². The molecule has 0 atom stereocenters. The van der Waals surface area contributed by atoms with Gasteiger partial charge in [0.25, 0.3) is 0 Å². The molecule has 8 nitrogen and oxygen atoms in total. The third kappa shape index (κ3) is 2.50. The summed E-state index contributed by atoms with van der Waals surface area (Å²) in [6, 6.07) is 7.94. The monoisotopic (exact) mass is 300 g/mol. The summed E-state index contributed by atoms with van der Waals surface area (Å²) in [6.45, 7) is 2.59. The maximum absolute atomic E-state index is 11.1. The van der Waals surface area contributed by atoms with Crippen molar-refractivity contribution in [2.75, 3.05) is 17.2 Å². The molecular weight excluding hydrogens is 284 g/mol. The Labute approximate surface area is 127 Å². The number of aliphatic imine (C=N–C) groups is 1. The molecule has 8 heteroatoms. The van der Waals surface area contributed by atoms with E-state index in [1.54, 1.807) is 14.0 Å². The molecule has 1 aromatic carbocycles. The van der Waals surface area contributed by atoms with Crippen LogP contribution in [0.5, 0.6) is 0 Å². The third-order valence-corrected chi connectivity index (χ3v) is 3.53. The molecule has 114 valence electrons. The van der Waals surface area contributed by atoms with Gasteiger partial charge in [0.15, 0.2) is 0 Å². The Morgan fingerprint density at radius 3 is 3.00 bits per heavy atom. The van der Waals surface area contributed by atoms with Gasteiger partial charge in [-0.15, -0.1) is 0 Å². The van der Waals surface area contributed by atoms with E-state index in [9.17, 15) is 10.1 Å². The first-order valence-electron chi connectivity index (χ1n) is 6.86. The standard InChI is InChI=1S/C14H16N6O2/c1-9-13(20(21)22)14(19(2)18-9)16-8-12-15-7-10-5-3-4-6-11(10)17-12/h3-6,16H,7-8H2,1-2H3,(H,15,17). The van der Waals surface area contributed by atoms with Crippen LogP contribution in [0.15, 0.2) is 29.3 Å². The Hall–Kier alpha value is -2.90. The van der Waals surface area contributed by atoms with E-state index in [0.29, 0.717) is 24.6 Å². The quantitative estimate of drug-likeness (QED) is 0.665. The molecule has 0 radical (unpaired) electrons. The summed E-state index contributed by atoms with van der Waals surface area (Å²) in [6.07, 6.45) is 0. The lowest BCUT2D eigenvalue weighted by atomic mass is 10.1. The molecule has 1 aliphatic rings. The lowest BCUT2D eigenvalue weighted by molar-refractivity contribution is -0.384. The van der Waals surface area contributed by atoms with Crippen molar-refractivity contribution in [3.05, 3.63) is 45.6 Å². The summed E-state index contributed by atoms with van der Waals surface area (Å²) in [5.41, 5.74) is 2.54. The Morgan fingerprint density at radius 2 is 2.23 bits per heavy atom. The predicted molar refractivity (Wildman–Crippen MR) is 84.3 cm³/mol. The number of amidine groups is 1. The van der Waals surface area contributed by atoms with Crippen molar-refractivity contribution in [3.8, 4) is 0 Å². The summed E-state index contributed by atoms with van der Waals surface area (Å²) < 4.78 is 1.48. The minimum absolute atomic E-state index is 0.000639. The molecule has 0 spiro atoms. The number of fused-ring (bicyclic) bond motifs is 1. The molecule has 2 N–H and O–H groups in total. The highest BCUT2D eigenvalue weighted by Crippen LogP contribution is 2.27. The van der Waals surface area contributed by atoms with Crippen molar-refractivity contribution < 1.29 is 4.92 Å². The first-order valence-corrected chi connectivity index (χ1v) is 6.86. The zero-order valence-electron chi connectivity index (χ0n) is 12.3. The highest BCUT2D eigenvalue weighted by molar-refractivity contribution is 6.00. The largest absolute Gasteiger partial charge is 0.357 e. The van der Waals surface area contributed by atoms with Crippen LogP contribution in [0.1, 0.15) is 11.3 Å². The molecule has 3 rings (SSSR count). The van der Waals surface area contributed by atoms with Gasteiger partial charge in [0, 0.05) is 12.7 Å². The zero-order valence-corrected chi connectivity index (χ0v) is 12.3. The number of nitro groups is 1. The van der Waals surface area contributed by atoms with Gasteiger partial charge in [-0.2, -0.15) is 5.10 Å². The Morgan fingerprint density at radius 1 is 1.45 bits per heavy atom. The maximum atomic E-state index is 11.1. The fourth-order valence-electron chi connectivity index (χ4n) is 2.49. The minimum atomic E-state index is -0.421. The van der Waals surface area contributed by atoms with Crippen molar-refractivity contribution in [1.82, 2.24) is 9.78 Å². The number of hydrogen-bond donors (Lipinski definition) is 2. The van der Waals surface area contributed by atoms with E-state index >= 15 is 0 Å². The van der Waals surface area contributed by atoms with E-state index in [-0.39, 0.29) is 5.69 Å². The molecule has 0 unspecified atom stereocenters. The van der Waals surface area contributed by atoms with Crippen molar-refractivity contribution in [3.63, 3.8) is 0 Å². The molecule has 2 heterocycles. The number of nitrogens with one attached hydrogen (secondary N) is 2. The van der Waals surface area contributed by atoms with Crippen LogP contribution in [0.4, 0.5) is 17.2 Å².